The van der Waals surface area contributed by atoms with Crippen molar-refractivity contribution in [3.8, 4) is 0 Å². The van der Waals surface area contributed by atoms with Gasteiger partial charge in [-0.25, -0.2) is 10.2 Å². The first-order valence-corrected chi connectivity index (χ1v) is 10.2. The fourth-order valence-corrected chi connectivity index (χ4v) is 2.45. The number of methoxy groups -OCH3 is 1. The molecular weight excluding hydrogens is 392 g/mol. The summed E-state index contributed by atoms with van der Waals surface area (Å²) >= 11 is 0. The fraction of sp³-hybridized carbons (Fsp3) is 0.333. The Balaban J connectivity index is 0.000000365. The number of nitrogens with two attached hydrogens (primary N) is 1. The van der Waals surface area contributed by atoms with Crippen LogP contribution in [0.1, 0.15) is 40.2 Å². The number of nitrogens with zero attached hydrogens (tertiary/aromatic N) is 1. The molecule has 31 heavy (non-hydrogen) atoms. The van der Waals surface area contributed by atoms with Gasteiger partial charge in [-0.05, 0) is 32.4 Å². The fourth-order valence-electron chi connectivity index (χ4n) is 2.45. The van der Waals surface area contributed by atoms with Gasteiger partial charge in [0.1, 0.15) is 5.60 Å². The number of rotatable bonds is 4. The number of pyridine rings is 1. The smallest absolute Gasteiger partial charge is 0.426 e. The van der Waals surface area contributed by atoms with Gasteiger partial charge in [-0.3, -0.25) is 10.4 Å². The summed E-state index contributed by atoms with van der Waals surface area (Å²) in [6.07, 6.45) is 0.972. The van der Waals surface area contributed by atoms with Gasteiger partial charge in [-0.1, -0.05) is 62.4 Å². The minimum Gasteiger partial charge on any atom is -0.443 e. The molecule has 3 rings (SSSR count). The van der Waals surface area contributed by atoms with Gasteiger partial charge in [-0.2, -0.15) is 0 Å². The van der Waals surface area contributed by atoms with Crippen LogP contribution >= 0.6 is 0 Å². The van der Waals surface area contributed by atoms with Crippen molar-refractivity contribution >= 4 is 28.4 Å². The van der Waals surface area contributed by atoms with Gasteiger partial charge in [0.15, 0.2) is 0 Å². The monoisotopic (exact) mass is 426 g/mol. The van der Waals surface area contributed by atoms with Crippen LogP contribution in [0.25, 0.3) is 10.9 Å². The number of fused-ring (bicyclic) bond motifs is 1. The molecule has 0 saturated heterocycles. The van der Waals surface area contributed by atoms with Gasteiger partial charge < -0.3 is 15.2 Å². The van der Waals surface area contributed by atoms with Crippen molar-refractivity contribution < 1.29 is 14.3 Å². The Morgan fingerprint density at radius 1 is 1.03 bits per heavy atom. The molecule has 0 aliphatic rings. The standard InChI is InChI=1S/C14H18N4O2.C8H10O.C2H6/c1-14(2,3)20-13(19)18-17-12-9-6-4-5-7-11(9)16-8-10(12)15;1-9-7-8-5-3-2-4-6-8;1-2/h4-8H,15H2,1-3H3,(H,16,17)(H,18,19);2-6H,7H2,1H3;1-2H3. The van der Waals surface area contributed by atoms with Crippen LogP contribution in [0.15, 0.2) is 60.8 Å². The van der Waals surface area contributed by atoms with E-state index in [1.165, 1.54) is 5.56 Å². The number of hydrogen-bond acceptors (Lipinski definition) is 6. The van der Waals surface area contributed by atoms with Crippen LogP contribution in [0.3, 0.4) is 0 Å². The molecule has 2 aromatic carbocycles. The second-order valence-corrected chi connectivity index (χ2v) is 7.28. The SMILES string of the molecule is CC.CC(C)(C)OC(=O)NNc1c(N)cnc2ccccc12.COCc1ccccc1. The molecule has 0 spiro atoms. The topological polar surface area (TPSA) is 98.5 Å². The van der Waals surface area contributed by atoms with Gasteiger partial charge in [0.25, 0.3) is 0 Å². The highest BCUT2D eigenvalue weighted by Crippen LogP contribution is 2.26. The summed E-state index contributed by atoms with van der Waals surface area (Å²) in [5.41, 5.74) is 13.6. The van der Waals surface area contributed by atoms with E-state index in [0.717, 1.165) is 10.9 Å². The highest BCUT2D eigenvalue weighted by Gasteiger charge is 2.16. The zero-order valence-electron chi connectivity index (χ0n) is 19.2. The minimum atomic E-state index is -0.571. The number of anilines is 2. The van der Waals surface area contributed by atoms with Crippen molar-refractivity contribution in [3.63, 3.8) is 0 Å². The van der Waals surface area contributed by atoms with E-state index in [0.29, 0.717) is 18.0 Å². The number of hydrogen-bond donors (Lipinski definition) is 3. The van der Waals surface area contributed by atoms with Gasteiger partial charge in [0, 0.05) is 12.5 Å². The maximum Gasteiger partial charge on any atom is 0.426 e. The van der Waals surface area contributed by atoms with Crippen LogP contribution in [0.5, 0.6) is 0 Å². The van der Waals surface area contributed by atoms with Crippen molar-refractivity contribution in [2.75, 3.05) is 18.3 Å². The number of ether oxygens (including phenoxy) is 2. The summed E-state index contributed by atoms with van der Waals surface area (Å²) in [4.78, 5) is 15.8. The Morgan fingerprint density at radius 3 is 2.26 bits per heavy atom. The van der Waals surface area contributed by atoms with Crippen molar-refractivity contribution in [2.24, 2.45) is 0 Å². The van der Waals surface area contributed by atoms with E-state index in [-0.39, 0.29) is 0 Å². The van der Waals surface area contributed by atoms with E-state index in [9.17, 15) is 4.79 Å². The van der Waals surface area contributed by atoms with E-state index in [1.807, 2.05) is 68.4 Å². The van der Waals surface area contributed by atoms with E-state index >= 15 is 0 Å². The molecule has 7 nitrogen and oxygen atoms in total. The summed E-state index contributed by atoms with van der Waals surface area (Å²) in [6.45, 7) is 10.1. The van der Waals surface area contributed by atoms with Crippen LogP contribution < -0.4 is 16.6 Å². The normalized spacial score (nSPS) is 10.1. The van der Waals surface area contributed by atoms with Crippen LogP contribution in [0.2, 0.25) is 0 Å². The molecule has 0 fully saturated rings. The number of para-hydroxylation sites is 1. The first kappa shape index (κ1) is 25.7. The maximum absolute atomic E-state index is 11.6. The third kappa shape index (κ3) is 9.35. The van der Waals surface area contributed by atoms with Crippen molar-refractivity contribution in [1.82, 2.24) is 10.4 Å². The Kier molecular flexibility index (Phi) is 10.8. The minimum absolute atomic E-state index is 0.444. The summed E-state index contributed by atoms with van der Waals surface area (Å²) in [6, 6.07) is 17.6. The molecule has 1 amide bonds. The molecule has 168 valence electrons. The Morgan fingerprint density at radius 2 is 1.65 bits per heavy atom. The van der Waals surface area contributed by atoms with Crippen LogP contribution in [0, 0.1) is 0 Å². The van der Waals surface area contributed by atoms with Crippen LogP contribution in [0.4, 0.5) is 16.2 Å². The van der Waals surface area contributed by atoms with Crippen molar-refractivity contribution in [2.45, 2.75) is 46.8 Å². The lowest BCUT2D eigenvalue weighted by molar-refractivity contribution is 0.0541. The predicted octanol–water partition coefficient (Wildman–Crippen LogP) is 5.53. The molecular formula is C24H34N4O3. The molecule has 1 heterocycles. The maximum atomic E-state index is 11.6. The van der Waals surface area contributed by atoms with E-state index in [4.69, 9.17) is 15.2 Å². The van der Waals surface area contributed by atoms with Crippen molar-refractivity contribution in [3.05, 3.63) is 66.4 Å². The van der Waals surface area contributed by atoms with Gasteiger partial charge in [-0.15, -0.1) is 0 Å². The summed E-state index contributed by atoms with van der Waals surface area (Å²) < 4.78 is 10.1. The number of aromatic nitrogens is 1. The number of nitrogens with one attached hydrogen (secondary N) is 2. The number of carbonyl (C=O) groups is 1. The zero-order chi connectivity index (χ0) is 23.3. The highest BCUT2D eigenvalue weighted by atomic mass is 16.6. The van der Waals surface area contributed by atoms with Gasteiger partial charge in [0.05, 0.1) is 29.7 Å². The Labute approximate surface area is 184 Å². The lowest BCUT2D eigenvalue weighted by Gasteiger charge is -2.20. The molecule has 0 bridgehead atoms. The third-order valence-corrected chi connectivity index (χ3v) is 3.65. The van der Waals surface area contributed by atoms with E-state index in [1.54, 1.807) is 34.1 Å². The number of hydrazine groups is 1. The lowest BCUT2D eigenvalue weighted by atomic mass is 10.2. The van der Waals surface area contributed by atoms with Crippen molar-refractivity contribution in [1.29, 1.82) is 0 Å². The van der Waals surface area contributed by atoms with Crippen LogP contribution in [-0.4, -0.2) is 23.8 Å². The quantitative estimate of drug-likeness (QED) is 0.475. The molecule has 0 atom stereocenters. The molecule has 0 radical (unpaired) electrons. The number of carbonyl (C=O) groups excluding carboxylic acids is 1. The van der Waals surface area contributed by atoms with Gasteiger partial charge >= 0.3 is 6.09 Å². The summed E-state index contributed by atoms with van der Waals surface area (Å²) in [7, 11) is 1.70. The Bertz CT molecular complexity index is 925. The molecule has 0 saturated carbocycles. The first-order chi connectivity index (χ1) is 14.8. The largest absolute Gasteiger partial charge is 0.443 e. The first-order valence-electron chi connectivity index (χ1n) is 10.2. The second kappa shape index (κ2) is 13.1. The third-order valence-electron chi connectivity index (χ3n) is 3.65. The number of nitrogen functional groups attached to an aromatic ring is 1. The molecule has 0 aliphatic carbocycles. The van der Waals surface area contributed by atoms with Gasteiger partial charge in [0.2, 0.25) is 0 Å². The predicted molar refractivity (Wildman–Crippen MR) is 128 cm³/mol. The molecule has 1 aromatic heterocycles. The highest BCUT2D eigenvalue weighted by molar-refractivity contribution is 5.97. The molecule has 4 N–H and O–H groups in total. The molecule has 7 heteroatoms. The summed E-state index contributed by atoms with van der Waals surface area (Å²) in [5.74, 6) is 0. The Hall–Kier alpha value is -3.32. The average Bonchev–Trinajstić information content (AvgIpc) is 2.75. The summed E-state index contributed by atoms with van der Waals surface area (Å²) in [5, 5.41) is 0.823. The lowest BCUT2D eigenvalue weighted by Crippen LogP contribution is -2.36. The second-order valence-electron chi connectivity index (χ2n) is 7.28. The van der Waals surface area contributed by atoms with Crippen LogP contribution in [-0.2, 0) is 16.1 Å². The zero-order valence-corrected chi connectivity index (χ0v) is 19.2. The van der Waals surface area contributed by atoms with E-state index in [2.05, 4.69) is 15.8 Å². The average molecular weight is 427 g/mol. The number of amides is 1. The molecule has 3 aromatic rings. The number of benzene rings is 2. The molecule has 0 unspecified atom stereocenters. The van der Waals surface area contributed by atoms with E-state index < -0.39 is 11.7 Å². The molecule has 0 aliphatic heterocycles.